The molecule has 1 aromatic rings. The number of nitrogens with one attached hydrogen (secondary N) is 1. The Bertz CT molecular complexity index is 615. The summed E-state index contributed by atoms with van der Waals surface area (Å²) in [6.07, 6.45) is 0.489. The molecule has 0 aliphatic carbocycles. The SMILES string of the molecule is CNc1cccc(N2CCCS(=O)(=O)CC2)c1[N+](=O)[O-]. The number of para-hydroxylation sites is 1. The summed E-state index contributed by atoms with van der Waals surface area (Å²) in [7, 11) is -1.41. The third-order valence-electron chi connectivity index (χ3n) is 3.36. The molecule has 0 bridgehead atoms. The average Bonchev–Trinajstić information content (AvgIpc) is 2.58. The molecule has 0 aromatic heterocycles. The van der Waals surface area contributed by atoms with E-state index in [9.17, 15) is 18.5 Å². The molecule has 0 unspecified atom stereocenters. The van der Waals surface area contributed by atoms with E-state index >= 15 is 0 Å². The van der Waals surface area contributed by atoms with E-state index in [1.165, 1.54) is 0 Å². The molecule has 8 heteroatoms. The fraction of sp³-hybridized carbons (Fsp3) is 0.500. The monoisotopic (exact) mass is 299 g/mol. The number of sulfone groups is 1. The van der Waals surface area contributed by atoms with Crippen molar-refractivity contribution in [2.45, 2.75) is 6.42 Å². The van der Waals surface area contributed by atoms with E-state index in [1.54, 1.807) is 30.1 Å². The summed E-state index contributed by atoms with van der Waals surface area (Å²) < 4.78 is 23.2. The molecule has 1 fully saturated rings. The first kappa shape index (κ1) is 14.6. The largest absolute Gasteiger partial charge is 0.382 e. The van der Waals surface area contributed by atoms with Crippen molar-refractivity contribution < 1.29 is 13.3 Å². The lowest BCUT2D eigenvalue weighted by molar-refractivity contribution is -0.383. The second-order valence-corrected chi connectivity index (χ2v) is 6.98. The van der Waals surface area contributed by atoms with E-state index in [0.717, 1.165) is 0 Å². The second-order valence-electron chi connectivity index (χ2n) is 4.67. The standard InChI is InChI=1S/C12H17N3O4S/c1-13-10-4-2-5-11(12(10)15(16)17)14-6-3-8-20(18,19)9-7-14/h2,4-5,13H,3,6-9H2,1H3. The fourth-order valence-corrected chi connectivity index (χ4v) is 3.63. The molecule has 0 saturated carbocycles. The Morgan fingerprint density at radius 1 is 1.30 bits per heavy atom. The number of hydrogen-bond donors (Lipinski definition) is 1. The molecule has 1 aliphatic rings. The highest BCUT2D eigenvalue weighted by atomic mass is 32.2. The Labute approximate surface area is 117 Å². The minimum absolute atomic E-state index is 0.00528. The average molecular weight is 299 g/mol. The molecule has 110 valence electrons. The molecule has 0 atom stereocenters. The molecule has 2 rings (SSSR count). The topological polar surface area (TPSA) is 92.6 Å². The number of nitrogens with zero attached hydrogens (tertiary/aromatic N) is 2. The lowest BCUT2D eigenvalue weighted by Gasteiger charge is -2.22. The summed E-state index contributed by atoms with van der Waals surface area (Å²) in [5.74, 6) is 0.178. The van der Waals surface area contributed by atoms with Crippen molar-refractivity contribution in [3.8, 4) is 0 Å². The first-order chi connectivity index (χ1) is 9.44. The van der Waals surface area contributed by atoms with Crippen LogP contribution in [-0.4, -0.2) is 45.0 Å². The van der Waals surface area contributed by atoms with Gasteiger partial charge in [0.2, 0.25) is 0 Å². The Morgan fingerprint density at radius 2 is 2.05 bits per heavy atom. The molecule has 1 saturated heterocycles. The lowest BCUT2D eigenvalue weighted by Crippen LogP contribution is -2.27. The third kappa shape index (κ3) is 3.01. The van der Waals surface area contributed by atoms with E-state index in [0.29, 0.717) is 24.3 Å². The van der Waals surface area contributed by atoms with Gasteiger partial charge in [0.1, 0.15) is 11.4 Å². The Morgan fingerprint density at radius 3 is 2.70 bits per heavy atom. The summed E-state index contributed by atoms with van der Waals surface area (Å²) in [6.45, 7) is 0.795. The maximum atomic E-state index is 11.6. The minimum Gasteiger partial charge on any atom is -0.382 e. The van der Waals surface area contributed by atoms with Gasteiger partial charge in [0, 0.05) is 20.1 Å². The highest BCUT2D eigenvalue weighted by Gasteiger charge is 2.26. The van der Waals surface area contributed by atoms with Crippen molar-refractivity contribution in [3.05, 3.63) is 28.3 Å². The molecule has 7 nitrogen and oxygen atoms in total. The maximum absolute atomic E-state index is 11.6. The first-order valence-corrected chi connectivity index (χ1v) is 8.17. The summed E-state index contributed by atoms with van der Waals surface area (Å²) >= 11 is 0. The van der Waals surface area contributed by atoms with Crippen LogP contribution in [0.3, 0.4) is 0 Å². The Hall–Kier alpha value is -1.83. The van der Waals surface area contributed by atoms with Crippen molar-refractivity contribution >= 4 is 26.9 Å². The zero-order valence-electron chi connectivity index (χ0n) is 11.2. The highest BCUT2D eigenvalue weighted by molar-refractivity contribution is 7.91. The maximum Gasteiger partial charge on any atom is 0.315 e. The molecule has 1 aromatic carbocycles. The Balaban J connectivity index is 2.39. The number of anilines is 2. The normalized spacial score (nSPS) is 18.4. The summed E-state index contributed by atoms with van der Waals surface area (Å²) in [5.41, 5.74) is 0.896. The fourth-order valence-electron chi connectivity index (χ4n) is 2.36. The number of nitro benzene ring substituents is 1. The molecule has 1 N–H and O–H groups in total. The van der Waals surface area contributed by atoms with E-state index in [1.807, 2.05) is 0 Å². The van der Waals surface area contributed by atoms with Crippen molar-refractivity contribution in [1.82, 2.24) is 0 Å². The van der Waals surface area contributed by atoms with Crippen LogP contribution in [0.4, 0.5) is 17.1 Å². The van der Waals surface area contributed by atoms with Gasteiger partial charge in [0.15, 0.2) is 9.84 Å². The van der Waals surface area contributed by atoms with Gasteiger partial charge in [-0.05, 0) is 18.6 Å². The van der Waals surface area contributed by atoms with Crippen LogP contribution < -0.4 is 10.2 Å². The van der Waals surface area contributed by atoms with Crippen LogP contribution in [0.25, 0.3) is 0 Å². The number of rotatable bonds is 3. The minimum atomic E-state index is -3.04. The van der Waals surface area contributed by atoms with Gasteiger partial charge < -0.3 is 10.2 Å². The molecule has 1 heterocycles. The first-order valence-electron chi connectivity index (χ1n) is 6.35. The van der Waals surface area contributed by atoms with E-state index < -0.39 is 14.8 Å². The van der Waals surface area contributed by atoms with Gasteiger partial charge >= 0.3 is 5.69 Å². The van der Waals surface area contributed by atoms with Crippen molar-refractivity contribution in [1.29, 1.82) is 0 Å². The molecular formula is C12H17N3O4S. The summed E-state index contributed by atoms with van der Waals surface area (Å²) in [4.78, 5) is 12.6. The van der Waals surface area contributed by atoms with Crippen LogP contribution in [-0.2, 0) is 9.84 Å². The molecule has 0 spiro atoms. The quantitative estimate of drug-likeness (QED) is 0.667. The Kier molecular flexibility index (Phi) is 4.12. The smallest absolute Gasteiger partial charge is 0.315 e. The van der Waals surface area contributed by atoms with Crippen LogP contribution in [0, 0.1) is 10.1 Å². The van der Waals surface area contributed by atoms with Gasteiger partial charge in [0.05, 0.1) is 16.4 Å². The molecular weight excluding hydrogens is 282 g/mol. The summed E-state index contributed by atoms with van der Waals surface area (Å²) in [5, 5.41) is 14.1. The predicted octanol–water partition coefficient (Wildman–Crippen LogP) is 1.26. The molecule has 20 heavy (non-hydrogen) atoms. The third-order valence-corrected chi connectivity index (χ3v) is 5.08. The highest BCUT2D eigenvalue weighted by Crippen LogP contribution is 2.35. The van der Waals surface area contributed by atoms with Crippen LogP contribution in [0.1, 0.15) is 6.42 Å². The summed E-state index contributed by atoms with van der Waals surface area (Å²) in [6, 6.07) is 5.03. The van der Waals surface area contributed by atoms with Crippen LogP contribution in [0.5, 0.6) is 0 Å². The number of nitro groups is 1. The number of hydrogen-bond acceptors (Lipinski definition) is 6. The van der Waals surface area contributed by atoms with Gasteiger partial charge in [-0.2, -0.15) is 0 Å². The van der Waals surface area contributed by atoms with Crippen molar-refractivity contribution in [2.75, 3.05) is 41.9 Å². The van der Waals surface area contributed by atoms with E-state index in [-0.39, 0.29) is 23.7 Å². The molecule has 1 aliphatic heterocycles. The molecule has 0 amide bonds. The zero-order chi connectivity index (χ0) is 14.8. The van der Waals surface area contributed by atoms with Crippen molar-refractivity contribution in [2.24, 2.45) is 0 Å². The predicted molar refractivity (Wildman–Crippen MR) is 78.1 cm³/mol. The van der Waals surface area contributed by atoms with Gasteiger partial charge in [-0.3, -0.25) is 10.1 Å². The van der Waals surface area contributed by atoms with Crippen LogP contribution in [0.2, 0.25) is 0 Å². The van der Waals surface area contributed by atoms with Crippen LogP contribution >= 0.6 is 0 Å². The molecule has 0 radical (unpaired) electrons. The zero-order valence-corrected chi connectivity index (χ0v) is 12.0. The number of benzene rings is 1. The van der Waals surface area contributed by atoms with Gasteiger partial charge in [-0.25, -0.2) is 8.42 Å². The van der Waals surface area contributed by atoms with Gasteiger partial charge in [0.25, 0.3) is 0 Å². The van der Waals surface area contributed by atoms with Gasteiger partial charge in [-0.15, -0.1) is 0 Å². The van der Waals surface area contributed by atoms with E-state index in [2.05, 4.69) is 5.32 Å². The second kappa shape index (κ2) is 5.66. The van der Waals surface area contributed by atoms with Crippen molar-refractivity contribution in [3.63, 3.8) is 0 Å². The van der Waals surface area contributed by atoms with Gasteiger partial charge in [-0.1, -0.05) is 6.07 Å². The van der Waals surface area contributed by atoms with Crippen LogP contribution in [0.15, 0.2) is 18.2 Å². The lowest BCUT2D eigenvalue weighted by atomic mass is 10.2. The van der Waals surface area contributed by atoms with E-state index in [4.69, 9.17) is 0 Å².